The predicted molar refractivity (Wildman–Crippen MR) is 92.7 cm³/mol. The first-order chi connectivity index (χ1) is 11.4. The molecule has 2 amide bonds. The quantitative estimate of drug-likeness (QED) is 0.887. The van der Waals surface area contributed by atoms with Crippen LogP contribution >= 0.6 is 0 Å². The fourth-order valence-electron chi connectivity index (χ4n) is 2.10. The third kappa shape index (κ3) is 4.55. The zero-order valence-corrected chi connectivity index (χ0v) is 13.9. The zero-order chi connectivity index (χ0) is 17.7. The Morgan fingerprint density at radius 3 is 2.33 bits per heavy atom. The van der Waals surface area contributed by atoms with Crippen LogP contribution in [0, 0.1) is 12.7 Å². The van der Waals surface area contributed by atoms with Gasteiger partial charge in [-0.2, -0.15) is 0 Å². The third-order valence-corrected chi connectivity index (χ3v) is 3.39. The Morgan fingerprint density at radius 2 is 1.75 bits per heavy atom. The number of hydrogen-bond acceptors (Lipinski definition) is 3. The molecule has 0 unspecified atom stereocenters. The Morgan fingerprint density at radius 1 is 1.08 bits per heavy atom. The van der Waals surface area contributed by atoms with Crippen LogP contribution < -0.4 is 10.6 Å². The highest BCUT2D eigenvalue weighted by molar-refractivity contribution is 5.96. The van der Waals surface area contributed by atoms with Crippen molar-refractivity contribution in [3.05, 3.63) is 59.4 Å². The van der Waals surface area contributed by atoms with Gasteiger partial charge in [-0.25, -0.2) is 4.39 Å². The molecule has 0 fully saturated rings. The summed E-state index contributed by atoms with van der Waals surface area (Å²) in [6.07, 6.45) is 0. The lowest BCUT2D eigenvalue weighted by molar-refractivity contribution is -0.114. The van der Waals surface area contributed by atoms with E-state index < -0.39 is 5.82 Å². The van der Waals surface area contributed by atoms with Crippen molar-refractivity contribution >= 4 is 23.2 Å². The minimum absolute atomic E-state index is 0.0572. The van der Waals surface area contributed by atoms with E-state index in [9.17, 15) is 14.0 Å². The molecule has 0 heterocycles. The van der Waals surface area contributed by atoms with E-state index in [0.29, 0.717) is 11.3 Å². The Bertz CT molecular complexity index is 742. The molecule has 0 aliphatic carbocycles. The highest BCUT2D eigenvalue weighted by atomic mass is 19.1. The van der Waals surface area contributed by atoms with Crippen LogP contribution in [-0.4, -0.2) is 37.4 Å². The highest BCUT2D eigenvalue weighted by Gasteiger charge is 2.09. The number of hydrogen-bond donors (Lipinski definition) is 2. The Labute approximate surface area is 140 Å². The Hall–Kier alpha value is -2.89. The number of amides is 2. The summed E-state index contributed by atoms with van der Waals surface area (Å²) in [7, 11) is 3.35. The Kier molecular flexibility index (Phi) is 5.52. The van der Waals surface area contributed by atoms with Crippen LogP contribution in [0.2, 0.25) is 0 Å². The van der Waals surface area contributed by atoms with Crippen molar-refractivity contribution in [1.82, 2.24) is 4.90 Å². The summed E-state index contributed by atoms with van der Waals surface area (Å²) >= 11 is 0. The van der Waals surface area contributed by atoms with Gasteiger partial charge < -0.3 is 15.5 Å². The number of rotatable bonds is 5. The maximum Gasteiger partial charge on any atom is 0.253 e. The van der Waals surface area contributed by atoms with E-state index >= 15 is 0 Å². The van der Waals surface area contributed by atoms with E-state index in [1.54, 1.807) is 57.4 Å². The SMILES string of the molecule is Cc1ccc(NCC(=O)Nc2ccc(C(=O)N(C)C)cc2)c(F)c1. The van der Waals surface area contributed by atoms with E-state index in [2.05, 4.69) is 10.6 Å². The third-order valence-electron chi connectivity index (χ3n) is 3.39. The van der Waals surface area contributed by atoms with Crippen LogP contribution in [0.5, 0.6) is 0 Å². The van der Waals surface area contributed by atoms with Gasteiger partial charge in [-0.1, -0.05) is 6.07 Å². The summed E-state index contributed by atoms with van der Waals surface area (Å²) in [5, 5.41) is 5.45. The van der Waals surface area contributed by atoms with Gasteiger partial charge in [0.05, 0.1) is 12.2 Å². The molecule has 2 N–H and O–H groups in total. The summed E-state index contributed by atoms with van der Waals surface area (Å²) in [5.74, 6) is -0.805. The molecule has 0 atom stereocenters. The van der Waals surface area contributed by atoms with Crippen LogP contribution in [0.1, 0.15) is 15.9 Å². The average Bonchev–Trinajstić information content (AvgIpc) is 2.54. The molecule has 0 saturated heterocycles. The lowest BCUT2D eigenvalue weighted by Crippen LogP contribution is -2.23. The summed E-state index contributed by atoms with van der Waals surface area (Å²) in [6.45, 7) is 1.74. The average molecular weight is 329 g/mol. The van der Waals surface area contributed by atoms with E-state index in [1.165, 1.54) is 11.0 Å². The fourth-order valence-corrected chi connectivity index (χ4v) is 2.10. The summed E-state index contributed by atoms with van der Waals surface area (Å²) < 4.78 is 13.7. The first kappa shape index (κ1) is 17.5. The molecule has 0 aromatic heterocycles. The van der Waals surface area contributed by atoms with Crippen molar-refractivity contribution in [2.45, 2.75) is 6.92 Å². The number of carbonyl (C=O) groups is 2. The topological polar surface area (TPSA) is 61.4 Å². The van der Waals surface area contributed by atoms with Crippen molar-refractivity contribution < 1.29 is 14.0 Å². The lowest BCUT2D eigenvalue weighted by Gasteiger charge is -2.11. The molecule has 6 heteroatoms. The normalized spacial score (nSPS) is 10.2. The smallest absolute Gasteiger partial charge is 0.253 e. The molecule has 0 radical (unpaired) electrons. The summed E-state index contributed by atoms with van der Waals surface area (Å²) in [6, 6.07) is 11.4. The predicted octanol–water partition coefficient (Wildman–Crippen LogP) is 2.89. The Balaban J connectivity index is 1.91. The van der Waals surface area contributed by atoms with Crippen molar-refractivity contribution in [3.8, 4) is 0 Å². The molecular weight excluding hydrogens is 309 g/mol. The van der Waals surface area contributed by atoms with Gasteiger partial charge in [-0.05, 0) is 48.9 Å². The molecule has 5 nitrogen and oxygen atoms in total. The van der Waals surface area contributed by atoms with E-state index in [0.717, 1.165) is 5.56 Å². The number of halogens is 1. The van der Waals surface area contributed by atoms with Crippen molar-refractivity contribution in [2.75, 3.05) is 31.3 Å². The molecule has 2 aromatic carbocycles. The van der Waals surface area contributed by atoms with Gasteiger partial charge in [0, 0.05) is 25.3 Å². The molecule has 2 aromatic rings. The van der Waals surface area contributed by atoms with Crippen molar-refractivity contribution in [3.63, 3.8) is 0 Å². The minimum Gasteiger partial charge on any atom is -0.374 e. The van der Waals surface area contributed by atoms with Gasteiger partial charge in [-0.3, -0.25) is 9.59 Å². The number of aryl methyl sites for hydroxylation is 1. The maximum atomic E-state index is 13.7. The van der Waals surface area contributed by atoms with Crippen molar-refractivity contribution in [1.29, 1.82) is 0 Å². The van der Waals surface area contributed by atoms with E-state index in [1.807, 2.05) is 0 Å². The van der Waals surface area contributed by atoms with E-state index in [4.69, 9.17) is 0 Å². The first-order valence-electron chi connectivity index (χ1n) is 7.48. The van der Waals surface area contributed by atoms with Gasteiger partial charge in [0.1, 0.15) is 5.82 Å². The number of anilines is 2. The van der Waals surface area contributed by atoms with Gasteiger partial charge in [-0.15, -0.1) is 0 Å². The van der Waals surface area contributed by atoms with Gasteiger partial charge in [0.25, 0.3) is 5.91 Å². The number of nitrogens with one attached hydrogen (secondary N) is 2. The molecule has 2 rings (SSSR count). The second kappa shape index (κ2) is 7.59. The molecule has 0 saturated carbocycles. The van der Waals surface area contributed by atoms with Crippen LogP contribution in [0.3, 0.4) is 0 Å². The number of nitrogens with zero attached hydrogens (tertiary/aromatic N) is 1. The van der Waals surface area contributed by atoms with Gasteiger partial charge in [0.2, 0.25) is 5.91 Å². The molecule has 126 valence electrons. The van der Waals surface area contributed by atoms with Crippen LogP contribution in [0.4, 0.5) is 15.8 Å². The van der Waals surface area contributed by atoms with Crippen LogP contribution in [0.25, 0.3) is 0 Å². The monoisotopic (exact) mass is 329 g/mol. The molecule has 0 aliphatic rings. The fraction of sp³-hybridized carbons (Fsp3) is 0.222. The number of carbonyl (C=O) groups excluding carboxylic acids is 2. The second-order valence-electron chi connectivity index (χ2n) is 5.66. The van der Waals surface area contributed by atoms with Crippen molar-refractivity contribution in [2.24, 2.45) is 0 Å². The molecule has 0 spiro atoms. The van der Waals surface area contributed by atoms with Gasteiger partial charge >= 0.3 is 0 Å². The van der Waals surface area contributed by atoms with E-state index in [-0.39, 0.29) is 24.0 Å². The molecular formula is C18H20FN3O2. The first-order valence-corrected chi connectivity index (χ1v) is 7.48. The molecule has 0 aliphatic heterocycles. The largest absolute Gasteiger partial charge is 0.374 e. The maximum absolute atomic E-state index is 13.7. The van der Waals surface area contributed by atoms with Gasteiger partial charge in [0.15, 0.2) is 0 Å². The van der Waals surface area contributed by atoms with Crippen LogP contribution in [0.15, 0.2) is 42.5 Å². The zero-order valence-electron chi connectivity index (χ0n) is 13.9. The molecule has 24 heavy (non-hydrogen) atoms. The second-order valence-corrected chi connectivity index (χ2v) is 5.66. The summed E-state index contributed by atoms with van der Waals surface area (Å²) in [5.41, 5.74) is 2.21. The minimum atomic E-state index is -0.394. The lowest BCUT2D eigenvalue weighted by atomic mass is 10.2. The van der Waals surface area contributed by atoms with Crippen LogP contribution in [-0.2, 0) is 4.79 Å². The molecule has 0 bridgehead atoms. The standard InChI is InChI=1S/C18H20FN3O2/c1-12-4-9-16(15(19)10-12)20-11-17(23)21-14-7-5-13(6-8-14)18(24)22(2)3/h4-10,20H,11H2,1-3H3,(H,21,23). The highest BCUT2D eigenvalue weighted by Crippen LogP contribution is 2.15. The summed E-state index contributed by atoms with van der Waals surface area (Å²) in [4.78, 5) is 25.2. The number of benzene rings is 2.